The number of hydrogen-bond donors (Lipinski definition) is 6. The van der Waals surface area contributed by atoms with Gasteiger partial charge in [0.05, 0.1) is 41.2 Å². The van der Waals surface area contributed by atoms with Crippen molar-refractivity contribution in [1.82, 2.24) is 4.90 Å². The molecule has 1 amide bonds. The second kappa shape index (κ2) is 16.9. The van der Waals surface area contributed by atoms with E-state index < -0.39 is 88.7 Å². The summed E-state index contributed by atoms with van der Waals surface area (Å²) in [4.78, 5) is 52.6. The minimum Gasteiger partial charge on any atom is -0.507 e. The van der Waals surface area contributed by atoms with E-state index in [1.165, 1.54) is 32.9 Å². The average Bonchev–Trinajstić information content (AvgIpc) is 3.69. The number of esters is 1. The van der Waals surface area contributed by atoms with Crippen LogP contribution < -0.4 is 20.8 Å². The molecule has 0 aromatic heterocycles. The normalized spacial score (nSPS) is 33.0. The minimum absolute atomic E-state index is 0.0189. The molecule has 1 saturated heterocycles. The summed E-state index contributed by atoms with van der Waals surface area (Å²) in [5.74, 6) is -7.21. The topological polar surface area (TPSA) is 220 Å². The number of ether oxygens (including phenoxy) is 3. The first kappa shape index (κ1) is 44.7. The fourth-order valence-electron chi connectivity index (χ4n) is 8.96. The highest BCUT2D eigenvalue weighted by Crippen LogP contribution is 2.51. The number of allylic oxidation sites excluding steroid dienone is 2. The first-order valence-corrected chi connectivity index (χ1v) is 20.8. The van der Waals surface area contributed by atoms with Gasteiger partial charge in [0.1, 0.15) is 34.0 Å². The molecule has 2 aromatic carbocycles. The second-order valence-electron chi connectivity index (χ2n) is 17.8. The molecule has 9 unspecified atom stereocenters. The molecule has 326 valence electrons. The number of nitrogens with zero attached hydrogens (tertiary/aromatic N) is 3. The van der Waals surface area contributed by atoms with Crippen molar-refractivity contribution in [3.8, 4) is 17.2 Å². The minimum atomic E-state index is -2.01. The van der Waals surface area contributed by atoms with Crippen molar-refractivity contribution in [2.75, 3.05) is 25.0 Å². The van der Waals surface area contributed by atoms with Crippen LogP contribution in [0.15, 0.2) is 46.1 Å². The summed E-state index contributed by atoms with van der Waals surface area (Å²) in [5, 5.41) is 61.5. The van der Waals surface area contributed by atoms with E-state index in [-0.39, 0.29) is 43.9 Å². The molecule has 9 atom stereocenters. The highest BCUT2D eigenvalue weighted by atomic mass is 16.7. The van der Waals surface area contributed by atoms with Gasteiger partial charge in [0.25, 0.3) is 11.7 Å². The number of fused-ring (bicyclic) bond motifs is 1. The number of ketones is 1. The lowest BCUT2D eigenvalue weighted by Crippen LogP contribution is -2.47. The van der Waals surface area contributed by atoms with Gasteiger partial charge in [0, 0.05) is 86.5 Å². The Balaban J connectivity index is 1.54. The predicted octanol–water partition coefficient (Wildman–Crippen LogP) is 4.10. The van der Waals surface area contributed by atoms with Crippen LogP contribution in [0.2, 0.25) is 0 Å². The number of rotatable bonds is 3. The zero-order chi connectivity index (χ0) is 44.2. The number of anilines is 1. The standard InChI is InChI=1S/C45H60N4O11/c1-21(2)20-49-17-15-45(16-18-49)47-33-30-31-38(54)27(8)41-32(30)42(56)44(10,60-41)58-19-14-29(51)24(5)40(59-28(9)50)26(7)37(53)25(6)36(52)22(3)12-11-13-23(4)43(57)46-35(39(31)55)34(33)48-45/h11-14,19,21-22,24-26,29,36-37,40,47,51-55H,15-18,20H2,1-10H3/b12-11+,19-14+,23-13-,46-35?. The van der Waals surface area contributed by atoms with E-state index in [9.17, 15) is 39.9 Å². The van der Waals surface area contributed by atoms with Crippen molar-refractivity contribution >= 4 is 34.1 Å². The molecule has 60 heavy (non-hydrogen) atoms. The number of phenolic OH excluding ortho intramolecular Hbond substituents is 2. The molecule has 0 aliphatic carbocycles. The van der Waals surface area contributed by atoms with Gasteiger partial charge in [0.15, 0.2) is 5.75 Å². The molecule has 15 heteroatoms. The molecule has 4 heterocycles. The van der Waals surface area contributed by atoms with E-state index >= 15 is 0 Å². The molecule has 6 rings (SSSR count). The Morgan fingerprint density at radius 2 is 1.63 bits per heavy atom. The van der Waals surface area contributed by atoms with Crippen molar-refractivity contribution in [3.05, 3.63) is 58.0 Å². The van der Waals surface area contributed by atoms with Crippen LogP contribution in [0.4, 0.5) is 5.69 Å². The Kier molecular flexibility index (Phi) is 12.6. The van der Waals surface area contributed by atoms with Crippen LogP contribution in [0.1, 0.15) is 91.1 Å². The fourth-order valence-corrected chi connectivity index (χ4v) is 8.96. The van der Waals surface area contributed by atoms with Crippen LogP contribution in [0, 0.1) is 36.5 Å². The summed E-state index contributed by atoms with van der Waals surface area (Å²) < 4.78 is 17.8. The third-order valence-corrected chi connectivity index (χ3v) is 12.7. The Bertz CT molecular complexity index is 2280. The fraction of sp³-hybridized carbons (Fsp3) is 0.578. The number of aliphatic hydroxyl groups is 3. The molecule has 15 nitrogen and oxygen atoms in total. The van der Waals surface area contributed by atoms with Crippen LogP contribution >= 0.6 is 0 Å². The van der Waals surface area contributed by atoms with E-state index in [1.54, 1.807) is 46.8 Å². The first-order valence-electron chi connectivity index (χ1n) is 20.8. The molecule has 4 aliphatic heterocycles. The number of Topliss-reactive ketones (excluding diaryl/α,β-unsaturated/α-hetero) is 1. The Labute approximate surface area is 350 Å². The van der Waals surface area contributed by atoms with E-state index in [4.69, 9.17) is 19.2 Å². The van der Waals surface area contributed by atoms with Gasteiger partial charge in [-0.1, -0.05) is 59.8 Å². The molecule has 4 aliphatic rings. The molecule has 6 N–H and O–H groups in total. The Morgan fingerprint density at radius 1 is 0.967 bits per heavy atom. The summed E-state index contributed by atoms with van der Waals surface area (Å²) >= 11 is 0. The van der Waals surface area contributed by atoms with Gasteiger partial charge in [-0.2, -0.15) is 0 Å². The lowest BCUT2D eigenvalue weighted by Gasteiger charge is -2.38. The van der Waals surface area contributed by atoms with Gasteiger partial charge in [-0.05, 0) is 25.8 Å². The maximum atomic E-state index is 14.6. The van der Waals surface area contributed by atoms with Crippen LogP contribution in [0.3, 0.4) is 0 Å². The maximum absolute atomic E-state index is 14.6. The number of carbonyl (C=O) groups is 3. The molecule has 2 aromatic rings. The highest BCUT2D eigenvalue weighted by Gasteiger charge is 2.50. The highest BCUT2D eigenvalue weighted by molar-refractivity contribution is 6.21. The smallest absolute Gasteiger partial charge is 0.312 e. The molecular weight excluding hydrogens is 773 g/mol. The third-order valence-electron chi connectivity index (χ3n) is 12.7. The van der Waals surface area contributed by atoms with Crippen LogP contribution in [0.25, 0.3) is 10.8 Å². The van der Waals surface area contributed by atoms with Gasteiger partial charge < -0.3 is 50.0 Å². The zero-order valence-corrected chi connectivity index (χ0v) is 36.1. The van der Waals surface area contributed by atoms with Crippen molar-refractivity contribution in [3.63, 3.8) is 0 Å². The first-order chi connectivity index (χ1) is 28.1. The molecule has 0 radical (unpaired) electrons. The van der Waals surface area contributed by atoms with Crippen LogP contribution in [-0.4, -0.2) is 104 Å². The summed E-state index contributed by atoms with van der Waals surface area (Å²) in [6.07, 6.45) is 3.78. The number of nitrogens with one attached hydrogen (secondary N) is 1. The van der Waals surface area contributed by atoms with Gasteiger partial charge in [-0.25, -0.2) is 4.99 Å². The predicted molar refractivity (Wildman–Crippen MR) is 223 cm³/mol. The lowest BCUT2D eigenvalue weighted by atomic mass is 9.78. The number of hydrogen-bond acceptors (Lipinski definition) is 14. The van der Waals surface area contributed by atoms with Crippen LogP contribution in [0.5, 0.6) is 17.2 Å². The van der Waals surface area contributed by atoms with Gasteiger partial charge >= 0.3 is 11.8 Å². The monoisotopic (exact) mass is 832 g/mol. The number of phenols is 2. The largest absolute Gasteiger partial charge is 0.507 e. The molecule has 4 bridgehead atoms. The summed E-state index contributed by atoms with van der Waals surface area (Å²) in [6, 6.07) is 0. The number of carbonyl (C=O) groups excluding carboxylic acids is 3. The molecule has 1 spiro atoms. The Hall–Kier alpha value is -4.83. The summed E-state index contributed by atoms with van der Waals surface area (Å²) in [7, 11) is 0. The number of aromatic hydroxyl groups is 2. The van der Waals surface area contributed by atoms with Gasteiger partial charge in [0.2, 0.25) is 0 Å². The second-order valence-corrected chi connectivity index (χ2v) is 17.8. The number of likely N-dealkylation sites (tertiary alicyclic amines) is 1. The van der Waals surface area contributed by atoms with E-state index in [1.807, 2.05) is 0 Å². The molecule has 0 saturated carbocycles. The van der Waals surface area contributed by atoms with Gasteiger partial charge in [-0.15, -0.1) is 0 Å². The number of piperidine rings is 1. The molecule has 1 fully saturated rings. The number of aliphatic hydroxyl groups excluding tert-OH is 3. The number of benzene rings is 2. The summed E-state index contributed by atoms with van der Waals surface area (Å²) in [6.45, 7) is 19.1. The Morgan fingerprint density at radius 3 is 2.27 bits per heavy atom. The third kappa shape index (κ3) is 8.16. The lowest BCUT2D eigenvalue weighted by molar-refractivity contribution is -0.159. The van der Waals surface area contributed by atoms with Crippen molar-refractivity contribution < 1.29 is 54.1 Å². The zero-order valence-electron chi connectivity index (χ0n) is 36.1. The van der Waals surface area contributed by atoms with Crippen LogP contribution in [-0.2, 0) is 19.1 Å². The SMILES string of the molecule is CC(=O)OC1C(C)C(O)/C=C/OC2(C)Oc3c(C)c(O)c4c(O)c(c5c(c4c3C2=O)NC2(CCN(CC(C)C)CC2)N=5)=NC(=O)/C(C)=C\C=C\C(C)C(O)C(C)C(O)C1C. The van der Waals surface area contributed by atoms with Crippen molar-refractivity contribution in [2.45, 2.75) is 118 Å². The number of amides is 1. The van der Waals surface area contributed by atoms with Crippen molar-refractivity contribution in [1.29, 1.82) is 0 Å². The van der Waals surface area contributed by atoms with Gasteiger partial charge in [-0.3, -0.25) is 19.4 Å². The van der Waals surface area contributed by atoms with E-state index in [0.717, 1.165) is 12.8 Å². The maximum Gasteiger partial charge on any atom is 0.312 e. The molecular formula is C45H60N4O11. The average molecular weight is 833 g/mol. The van der Waals surface area contributed by atoms with E-state index in [0.29, 0.717) is 37.5 Å². The van der Waals surface area contributed by atoms with Crippen molar-refractivity contribution in [2.24, 2.45) is 39.6 Å². The quantitative estimate of drug-likeness (QED) is 0.190. The van der Waals surface area contributed by atoms with E-state index in [2.05, 4.69) is 29.1 Å². The summed E-state index contributed by atoms with van der Waals surface area (Å²) in [5.41, 5.74) is -0.222.